The summed E-state index contributed by atoms with van der Waals surface area (Å²) < 4.78 is 5.80. The van der Waals surface area contributed by atoms with E-state index in [0.29, 0.717) is 27.9 Å². The van der Waals surface area contributed by atoms with Gasteiger partial charge in [-0.1, -0.05) is 13.8 Å². The van der Waals surface area contributed by atoms with Gasteiger partial charge in [-0.05, 0) is 42.3 Å². The minimum Gasteiger partial charge on any atom is -0.478 e. The van der Waals surface area contributed by atoms with Gasteiger partial charge in [-0.3, -0.25) is 4.79 Å². The second-order valence-electron chi connectivity index (χ2n) is 5.81. The van der Waals surface area contributed by atoms with Gasteiger partial charge in [-0.2, -0.15) is 0 Å². The van der Waals surface area contributed by atoms with Crippen LogP contribution in [0.5, 0.6) is 0 Å². The number of fused-ring (bicyclic) bond motifs is 2. The van der Waals surface area contributed by atoms with Crippen molar-refractivity contribution in [1.82, 2.24) is 0 Å². The zero-order chi connectivity index (χ0) is 16.6. The normalized spacial score (nSPS) is 11.4. The molecule has 23 heavy (non-hydrogen) atoms. The minimum absolute atomic E-state index is 0.0771. The van der Waals surface area contributed by atoms with Crippen molar-refractivity contribution in [3.8, 4) is 0 Å². The lowest BCUT2D eigenvalue weighted by Gasteiger charge is -2.06. The molecule has 0 bridgehead atoms. The first kappa shape index (κ1) is 15.6. The summed E-state index contributed by atoms with van der Waals surface area (Å²) in [4.78, 5) is 24.7. The molecule has 1 heterocycles. The molecule has 5 heteroatoms. The molecule has 3 aromatic rings. The lowest BCUT2D eigenvalue weighted by Crippen LogP contribution is -2.04. The smallest absolute Gasteiger partial charge is 0.335 e. The fraction of sp³-hybridized carbons (Fsp3) is 0.222. The van der Waals surface area contributed by atoms with Gasteiger partial charge < -0.3 is 9.52 Å². The Hall–Kier alpha value is -2.27. The Morgan fingerprint density at radius 1 is 1.13 bits per heavy atom. The number of rotatable bonds is 4. The fourth-order valence-corrected chi connectivity index (χ4v) is 3.20. The van der Waals surface area contributed by atoms with Crippen LogP contribution in [0.2, 0.25) is 0 Å². The zero-order valence-corrected chi connectivity index (χ0v) is 13.6. The third-order valence-electron chi connectivity index (χ3n) is 3.47. The summed E-state index contributed by atoms with van der Waals surface area (Å²) >= 11 is 1.72. The SMILES string of the molecule is CC(C)CSc1ccc2c(=O)c3cc(C(=O)O)ccc3oc2c1. The number of hydrogen-bond acceptors (Lipinski definition) is 4. The van der Waals surface area contributed by atoms with E-state index >= 15 is 0 Å². The largest absolute Gasteiger partial charge is 0.478 e. The maximum atomic E-state index is 12.6. The molecule has 0 radical (unpaired) electrons. The molecule has 118 valence electrons. The Kier molecular flexibility index (Phi) is 4.13. The van der Waals surface area contributed by atoms with Crippen LogP contribution in [0.3, 0.4) is 0 Å². The van der Waals surface area contributed by atoms with Crippen LogP contribution in [0.25, 0.3) is 21.9 Å². The summed E-state index contributed by atoms with van der Waals surface area (Å²) in [5, 5.41) is 9.81. The molecule has 0 amide bonds. The molecular formula is C18H16O4S. The molecule has 0 atom stereocenters. The van der Waals surface area contributed by atoms with Crippen molar-refractivity contribution in [2.24, 2.45) is 5.92 Å². The molecule has 0 spiro atoms. The van der Waals surface area contributed by atoms with Gasteiger partial charge in [0.05, 0.1) is 16.3 Å². The third-order valence-corrected chi connectivity index (χ3v) is 4.89. The summed E-state index contributed by atoms with van der Waals surface area (Å²) in [6.07, 6.45) is 0. The van der Waals surface area contributed by atoms with E-state index in [0.717, 1.165) is 10.6 Å². The van der Waals surface area contributed by atoms with E-state index in [4.69, 9.17) is 9.52 Å². The molecule has 0 saturated carbocycles. The van der Waals surface area contributed by atoms with Crippen LogP contribution < -0.4 is 5.43 Å². The van der Waals surface area contributed by atoms with Crippen molar-refractivity contribution < 1.29 is 14.3 Å². The second kappa shape index (κ2) is 6.08. The molecule has 0 aliphatic rings. The number of carbonyl (C=O) groups is 1. The molecule has 0 aliphatic carbocycles. The molecule has 2 aromatic carbocycles. The van der Waals surface area contributed by atoms with Crippen LogP contribution in [0.15, 0.2) is 50.5 Å². The van der Waals surface area contributed by atoms with Gasteiger partial charge >= 0.3 is 5.97 Å². The van der Waals surface area contributed by atoms with Crippen molar-refractivity contribution in [1.29, 1.82) is 0 Å². The number of benzene rings is 2. The van der Waals surface area contributed by atoms with Crippen molar-refractivity contribution in [2.75, 3.05) is 5.75 Å². The Balaban J connectivity index is 2.15. The summed E-state index contributed by atoms with van der Waals surface area (Å²) in [5.41, 5.74) is 0.802. The van der Waals surface area contributed by atoms with E-state index in [-0.39, 0.29) is 11.0 Å². The molecule has 0 fully saturated rings. The average molecular weight is 328 g/mol. The van der Waals surface area contributed by atoms with Gasteiger partial charge in [0.2, 0.25) is 5.43 Å². The monoisotopic (exact) mass is 328 g/mol. The molecule has 0 aliphatic heterocycles. The van der Waals surface area contributed by atoms with Gasteiger partial charge in [0.1, 0.15) is 11.2 Å². The van der Waals surface area contributed by atoms with E-state index < -0.39 is 5.97 Å². The highest BCUT2D eigenvalue weighted by Gasteiger charge is 2.11. The fourth-order valence-electron chi connectivity index (χ4n) is 2.32. The summed E-state index contributed by atoms with van der Waals surface area (Å²) in [5.74, 6) is 0.506. The van der Waals surface area contributed by atoms with Crippen LogP contribution in [0.1, 0.15) is 24.2 Å². The van der Waals surface area contributed by atoms with Crippen molar-refractivity contribution in [3.63, 3.8) is 0 Å². The highest BCUT2D eigenvalue weighted by molar-refractivity contribution is 7.99. The molecule has 0 unspecified atom stereocenters. The van der Waals surface area contributed by atoms with Crippen LogP contribution in [0.4, 0.5) is 0 Å². The van der Waals surface area contributed by atoms with Crippen LogP contribution >= 0.6 is 11.8 Å². The molecule has 1 N–H and O–H groups in total. The molecule has 1 aromatic heterocycles. The predicted octanol–water partition coefficient (Wildman–Crippen LogP) is 4.39. The number of carboxylic acid groups (broad SMARTS) is 1. The molecule has 3 rings (SSSR count). The molecule has 0 saturated heterocycles. The number of hydrogen-bond donors (Lipinski definition) is 1. The van der Waals surface area contributed by atoms with Crippen LogP contribution in [-0.2, 0) is 0 Å². The van der Waals surface area contributed by atoms with E-state index in [1.54, 1.807) is 17.8 Å². The van der Waals surface area contributed by atoms with E-state index in [1.807, 2.05) is 12.1 Å². The van der Waals surface area contributed by atoms with Crippen molar-refractivity contribution >= 4 is 39.7 Å². The van der Waals surface area contributed by atoms with E-state index in [1.165, 1.54) is 18.2 Å². The van der Waals surface area contributed by atoms with Gasteiger partial charge in [-0.15, -0.1) is 11.8 Å². The van der Waals surface area contributed by atoms with Crippen molar-refractivity contribution in [2.45, 2.75) is 18.7 Å². The highest BCUT2D eigenvalue weighted by Crippen LogP contribution is 2.26. The van der Waals surface area contributed by atoms with Gasteiger partial charge in [0.15, 0.2) is 0 Å². The first-order valence-corrected chi connectivity index (χ1v) is 8.31. The molecule has 4 nitrogen and oxygen atoms in total. The summed E-state index contributed by atoms with van der Waals surface area (Å²) in [6, 6.07) is 9.86. The Morgan fingerprint density at radius 3 is 2.61 bits per heavy atom. The lowest BCUT2D eigenvalue weighted by atomic mass is 10.1. The standard InChI is InChI=1S/C18H16O4S/c1-10(2)9-23-12-4-5-13-16(8-12)22-15-6-3-11(18(20)21)7-14(15)17(13)19/h3-8,10H,9H2,1-2H3,(H,20,21). The van der Waals surface area contributed by atoms with Crippen LogP contribution in [0, 0.1) is 5.92 Å². The first-order chi connectivity index (χ1) is 11.0. The van der Waals surface area contributed by atoms with Gasteiger partial charge in [0.25, 0.3) is 0 Å². The number of thioether (sulfide) groups is 1. The van der Waals surface area contributed by atoms with E-state index in [2.05, 4.69) is 13.8 Å². The van der Waals surface area contributed by atoms with Crippen LogP contribution in [-0.4, -0.2) is 16.8 Å². The second-order valence-corrected chi connectivity index (χ2v) is 6.90. The number of aromatic carboxylic acids is 1. The average Bonchev–Trinajstić information content (AvgIpc) is 2.52. The Morgan fingerprint density at radius 2 is 1.91 bits per heavy atom. The van der Waals surface area contributed by atoms with Gasteiger partial charge in [0, 0.05) is 10.6 Å². The first-order valence-electron chi connectivity index (χ1n) is 7.32. The lowest BCUT2D eigenvalue weighted by molar-refractivity contribution is 0.0697. The Labute approximate surface area is 137 Å². The summed E-state index contributed by atoms with van der Waals surface area (Å²) in [7, 11) is 0. The zero-order valence-electron chi connectivity index (χ0n) is 12.8. The highest BCUT2D eigenvalue weighted by atomic mass is 32.2. The van der Waals surface area contributed by atoms with E-state index in [9.17, 15) is 9.59 Å². The maximum absolute atomic E-state index is 12.6. The maximum Gasteiger partial charge on any atom is 0.335 e. The molecular weight excluding hydrogens is 312 g/mol. The number of carboxylic acids is 1. The summed E-state index contributed by atoms with van der Waals surface area (Å²) in [6.45, 7) is 4.31. The topological polar surface area (TPSA) is 67.5 Å². The quantitative estimate of drug-likeness (QED) is 0.568. The Bertz CT molecular complexity index is 956. The van der Waals surface area contributed by atoms with Gasteiger partial charge in [-0.25, -0.2) is 4.79 Å². The third kappa shape index (κ3) is 3.10. The predicted molar refractivity (Wildman–Crippen MR) is 92.5 cm³/mol. The van der Waals surface area contributed by atoms with Crippen molar-refractivity contribution in [3.05, 3.63) is 52.2 Å². The minimum atomic E-state index is -1.06.